The smallest absolute Gasteiger partial charge is 0.241 e. The predicted octanol–water partition coefficient (Wildman–Crippen LogP) is 3.84. The molecule has 5 nitrogen and oxygen atoms in total. The van der Waals surface area contributed by atoms with Crippen LogP contribution in [0, 0.1) is 0 Å². The number of carbonyl (C=O) groups is 1. The highest BCUT2D eigenvalue weighted by Crippen LogP contribution is 2.32. The minimum absolute atomic E-state index is 0.195. The molecule has 0 saturated heterocycles. The molecule has 2 aromatic rings. The molecule has 0 aromatic heterocycles. The molecular formula is C17H16Cl2N2O3. The zero-order chi connectivity index (χ0) is 17.1. The van der Waals surface area contributed by atoms with E-state index in [0.29, 0.717) is 22.3 Å². The molecule has 0 bridgehead atoms. The van der Waals surface area contributed by atoms with Crippen LogP contribution < -0.4 is 20.1 Å². The van der Waals surface area contributed by atoms with Crippen molar-refractivity contribution >= 4 is 34.8 Å². The average molecular weight is 367 g/mol. The molecule has 2 N–H and O–H groups in total. The van der Waals surface area contributed by atoms with Gasteiger partial charge in [0.05, 0.1) is 16.8 Å². The zero-order valence-electron chi connectivity index (χ0n) is 12.9. The van der Waals surface area contributed by atoms with E-state index in [1.165, 1.54) is 0 Å². The second-order valence-electron chi connectivity index (χ2n) is 5.40. The van der Waals surface area contributed by atoms with Crippen LogP contribution in [0.2, 0.25) is 10.0 Å². The summed E-state index contributed by atoms with van der Waals surface area (Å²) >= 11 is 12.0. The molecule has 0 spiro atoms. The highest BCUT2D eigenvalue weighted by Gasteiger charge is 2.16. The van der Waals surface area contributed by atoms with Crippen LogP contribution in [0.3, 0.4) is 0 Å². The van der Waals surface area contributed by atoms with Gasteiger partial charge in [-0.15, -0.1) is 0 Å². The Morgan fingerprint density at radius 1 is 1.17 bits per heavy atom. The number of nitrogens with one attached hydrogen (secondary N) is 2. The Bertz CT molecular complexity index is 767. The van der Waals surface area contributed by atoms with E-state index in [2.05, 4.69) is 10.6 Å². The Morgan fingerprint density at radius 2 is 1.96 bits per heavy atom. The number of amides is 1. The fourth-order valence-corrected chi connectivity index (χ4v) is 2.59. The van der Waals surface area contributed by atoms with E-state index >= 15 is 0 Å². The van der Waals surface area contributed by atoms with Gasteiger partial charge in [-0.2, -0.15) is 0 Å². The number of hydrogen-bond acceptors (Lipinski definition) is 4. The lowest BCUT2D eigenvalue weighted by Crippen LogP contribution is -2.37. The molecule has 0 radical (unpaired) electrons. The highest BCUT2D eigenvalue weighted by atomic mass is 35.5. The monoisotopic (exact) mass is 366 g/mol. The van der Waals surface area contributed by atoms with Crippen molar-refractivity contribution in [2.24, 2.45) is 0 Å². The number of carbonyl (C=O) groups excluding carboxylic acids is 1. The first-order valence-corrected chi connectivity index (χ1v) is 8.16. The van der Waals surface area contributed by atoms with E-state index < -0.39 is 6.04 Å². The average Bonchev–Trinajstić information content (AvgIpc) is 3.03. The van der Waals surface area contributed by atoms with Crippen molar-refractivity contribution in [3.63, 3.8) is 0 Å². The summed E-state index contributed by atoms with van der Waals surface area (Å²) in [5, 5.41) is 6.88. The van der Waals surface area contributed by atoms with Gasteiger partial charge in [-0.3, -0.25) is 4.79 Å². The largest absolute Gasteiger partial charge is 0.454 e. The summed E-state index contributed by atoms with van der Waals surface area (Å²) in [6.45, 7) is 2.54. The Morgan fingerprint density at radius 3 is 2.79 bits per heavy atom. The molecular weight excluding hydrogens is 351 g/mol. The minimum Gasteiger partial charge on any atom is -0.454 e. The Hall–Kier alpha value is -1.95. The summed E-state index contributed by atoms with van der Waals surface area (Å²) < 4.78 is 10.6. The first kappa shape index (κ1) is 16.9. The fourth-order valence-electron chi connectivity index (χ4n) is 2.25. The van der Waals surface area contributed by atoms with Crippen molar-refractivity contribution in [3.05, 3.63) is 52.0 Å². The van der Waals surface area contributed by atoms with Crippen molar-refractivity contribution in [1.29, 1.82) is 0 Å². The van der Waals surface area contributed by atoms with E-state index in [1.807, 2.05) is 18.2 Å². The van der Waals surface area contributed by atoms with E-state index in [0.717, 1.165) is 17.1 Å². The summed E-state index contributed by atoms with van der Waals surface area (Å²) in [7, 11) is 0. The summed E-state index contributed by atoms with van der Waals surface area (Å²) in [4.78, 5) is 12.3. The van der Waals surface area contributed by atoms with Crippen LogP contribution in [0.1, 0.15) is 12.5 Å². The lowest BCUT2D eigenvalue weighted by atomic mass is 10.2. The van der Waals surface area contributed by atoms with Gasteiger partial charge in [0, 0.05) is 11.6 Å². The third-order valence-electron chi connectivity index (χ3n) is 3.63. The predicted molar refractivity (Wildman–Crippen MR) is 94.0 cm³/mol. The molecule has 1 aliphatic rings. The van der Waals surface area contributed by atoms with Crippen LogP contribution in [0.15, 0.2) is 36.4 Å². The van der Waals surface area contributed by atoms with Gasteiger partial charge >= 0.3 is 0 Å². The molecule has 3 rings (SSSR count). The standard InChI is InChI=1S/C17H16Cl2N2O3/c1-10(17(22)21-14-7-12(18)3-4-13(14)19)20-8-11-2-5-15-16(6-11)24-9-23-15/h2-7,10,20H,8-9H2,1H3,(H,21,22)/t10-/m0/s1. The Labute approximate surface area is 149 Å². The second-order valence-corrected chi connectivity index (χ2v) is 6.25. The summed E-state index contributed by atoms with van der Waals surface area (Å²) in [5.74, 6) is 1.26. The van der Waals surface area contributed by atoms with Gasteiger partial charge in [-0.05, 0) is 42.8 Å². The van der Waals surface area contributed by atoms with Gasteiger partial charge in [0.15, 0.2) is 11.5 Å². The molecule has 7 heteroatoms. The van der Waals surface area contributed by atoms with Crippen LogP contribution in [0.25, 0.3) is 0 Å². The quantitative estimate of drug-likeness (QED) is 0.843. The topological polar surface area (TPSA) is 59.6 Å². The summed E-state index contributed by atoms with van der Waals surface area (Å²) in [5.41, 5.74) is 1.49. The Balaban J connectivity index is 1.57. The number of ether oxygens (including phenoxy) is 2. The van der Waals surface area contributed by atoms with Gasteiger partial charge in [0.2, 0.25) is 12.7 Å². The van der Waals surface area contributed by atoms with Crippen molar-refractivity contribution in [2.45, 2.75) is 19.5 Å². The lowest BCUT2D eigenvalue weighted by molar-refractivity contribution is -0.117. The number of benzene rings is 2. The van der Waals surface area contributed by atoms with E-state index in [9.17, 15) is 4.79 Å². The second kappa shape index (κ2) is 7.30. The van der Waals surface area contributed by atoms with Gasteiger partial charge in [-0.1, -0.05) is 29.3 Å². The van der Waals surface area contributed by atoms with E-state index in [-0.39, 0.29) is 12.7 Å². The Kier molecular flexibility index (Phi) is 5.14. The third-order valence-corrected chi connectivity index (χ3v) is 4.19. The third kappa shape index (κ3) is 3.93. The molecule has 1 heterocycles. The number of fused-ring (bicyclic) bond motifs is 1. The molecule has 1 aliphatic heterocycles. The number of hydrogen-bond donors (Lipinski definition) is 2. The van der Waals surface area contributed by atoms with Crippen LogP contribution in [-0.2, 0) is 11.3 Å². The van der Waals surface area contributed by atoms with Crippen molar-refractivity contribution in [3.8, 4) is 11.5 Å². The lowest BCUT2D eigenvalue weighted by Gasteiger charge is -2.15. The van der Waals surface area contributed by atoms with Crippen LogP contribution in [0.4, 0.5) is 5.69 Å². The molecule has 0 unspecified atom stereocenters. The van der Waals surface area contributed by atoms with Crippen molar-refractivity contribution in [2.75, 3.05) is 12.1 Å². The van der Waals surface area contributed by atoms with Gasteiger partial charge in [-0.25, -0.2) is 0 Å². The maximum Gasteiger partial charge on any atom is 0.241 e. The van der Waals surface area contributed by atoms with Gasteiger partial charge in [0.25, 0.3) is 0 Å². The molecule has 1 amide bonds. The van der Waals surface area contributed by atoms with Crippen LogP contribution in [0.5, 0.6) is 11.5 Å². The molecule has 2 aromatic carbocycles. The zero-order valence-corrected chi connectivity index (χ0v) is 14.4. The van der Waals surface area contributed by atoms with Crippen molar-refractivity contribution < 1.29 is 14.3 Å². The maximum absolute atomic E-state index is 12.3. The van der Waals surface area contributed by atoms with E-state index in [1.54, 1.807) is 25.1 Å². The van der Waals surface area contributed by atoms with Crippen molar-refractivity contribution in [1.82, 2.24) is 5.32 Å². The first-order valence-electron chi connectivity index (χ1n) is 7.41. The maximum atomic E-state index is 12.3. The summed E-state index contributed by atoms with van der Waals surface area (Å²) in [6.07, 6.45) is 0. The van der Waals surface area contributed by atoms with Crippen LogP contribution >= 0.6 is 23.2 Å². The number of rotatable bonds is 5. The summed E-state index contributed by atoms with van der Waals surface area (Å²) in [6, 6.07) is 10.2. The minimum atomic E-state index is -0.412. The molecule has 0 saturated carbocycles. The molecule has 1 atom stereocenters. The number of halogens is 2. The fraction of sp³-hybridized carbons (Fsp3) is 0.235. The molecule has 0 aliphatic carbocycles. The molecule has 24 heavy (non-hydrogen) atoms. The SMILES string of the molecule is C[C@H](NCc1ccc2c(c1)OCO2)C(=O)Nc1cc(Cl)ccc1Cl. The van der Waals surface area contributed by atoms with E-state index in [4.69, 9.17) is 32.7 Å². The van der Waals surface area contributed by atoms with Gasteiger partial charge in [0.1, 0.15) is 0 Å². The normalized spacial score (nSPS) is 13.6. The number of anilines is 1. The first-order chi connectivity index (χ1) is 11.5. The highest BCUT2D eigenvalue weighted by molar-refractivity contribution is 6.35. The van der Waals surface area contributed by atoms with Crippen LogP contribution in [-0.4, -0.2) is 18.7 Å². The van der Waals surface area contributed by atoms with Gasteiger partial charge < -0.3 is 20.1 Å². The molecule has 0 fully saturated rings. The molecule has 126 valence electrons.